The summed E-state index contributed by atoms with van der Waals surface area (Å²) in [6, 6.07) is 6.12. The van der Waals surface area contributed by atoms with Crippen molar-refractivity contribution in [2.75, 3.05) is 19.6 Å². The molecule has 0 atom stereocenters. The minimum Gasteiger partial charge on any atom is -0.314 e. The van der Waals surface area contributed by atoms with Crippen LogP contribution in [0.3, 0.4) is 0 Å². The van der Waals surface area contributed by atoms with Gasteiger partial charge in [-0.15, -0.1) is 0 Å². The van der Waals surface area contributed by atoms with Crippen LogP contribution >= 0.6 is 11.6 Å². The number of hydrogen-bond donors (Lipinski definition) is 1. The maximum Gasteiger partial charge on any atom is 0.243 e. The van der Waals surface area contributed by atoms with Gasteiger partial charge in [-0.3, -0.25) is 0 Å². The average molecular weight is 314 g/mol. The van der Waals surface area contributed by atoms with Crippen LogP contribution in [0.4, 0.5) is 0 Å². The first kappa shape index (κ1) is 15.3. The van der Waals surface area contributed by atoms with E-state index in [2.05, 4.69) is 5.32 Å². The standard InChI is InChI=1S/C13H16ClN3O2S/c1-13(2)9-16-5-6-17(13)20(18,19)11-4-3-10(8-15)12(14)7-11/h3-4,7,16H,5-6,9H2,1-2H3. The predicted molar refractivity (Wildman–Crippen MR) is 77.0 cm³/mol. The van der Waals surface area contributed by atoms with Crippen LogP contribution in [-0.4, -0.2) is 37.9 Å². The molecule has 108 valence electrons. The number of nitriles is 1. The first-order valence-electron chi connectivity index (χ1n) is 6.22. The van der Waals surface area contributed by atoms with Gasteiger partial charge in [0.25, 0.3) is 0 Å². The summed E-state index contributed by atoms with van der Waals surface area (Å²) in [5, 5.41) is 12.2. The van der Waals surface area contributed by atoms with Crippen molar-refractivity contribution >= 4 is 21.6 Å². The smallest absolute Gasteiger partial charge is 0.243 e. The van der Waals surface area contributed by atoms with Crippen LogP contribution in [0.15, 0.2) is 23.1 Å². The van der Waals surface area contributed by atoms with Crippen molar-refractivity contribution in [2.45, 2.75) is 24.3 Å². The van der Waals surface area contributed by atoms with E-state index in [1.807, 2.05) is 19.9 Å². The molecule has 1 aliphatic rings. The van der Waals surface area contributed by atoms with Crippen molar-refractivity contribution in [3.05, 3.63) is 28.8 Å². The van der Waals surface area contributed by atoms with Gasteiger partial charge in [-0.25, -0.2) is 8.42 Å². The molecule has 0 unspecified atom stereocenters. The molecule has 0 saturated carbocycles. The van der Waals surface area contributed by atoms with Crippen molar-refractivity contribution in [1.29, 1.82) is 5.26 Å². The molecule has 0 bridgehead atoms. The van der Waals surface area contributed by atoms with Gasteiger partial charge in [0.2, 0.25) is 10.0 Å². The first-order chi connectivity index (χ1) is 9.29. The third-order valence-electron chi connectivity index (χ3n) is 3.37. The van der Waals surface area contributed by atoms with Gasteiger partial charge in [0.1, 0.15) is 6.07 Å². The highest BCUT2D eigenvalue weighted by atomic mass is 35.5. The summed E-state index contributed by atoms with van der Waals surface area (Å²) in [5.41, 5.74) is -0.234. The highest BCUT2D eigenvalue weighted by Crippen LogP contribution is 2.28. The molecule has 1 N–H and O–H groups in total. The summed E-state index contributed by atoms with van der Waals surface area (Å²) >= 11 is 5.93. The highest BCUT2D eigenvalue weighted by molar-refractivity contribution is 7.89. The van der Waals surface area contributed by atoms with Crippen molar-refractivity contribution in [1.82, 2.24) is 9.62 Å². The normalized spacial score (nSPS) is 19.5. The molecule has 2 rings (SSSR count). The maximum atomic E-state index is 12.7. The van der Waals surface area contributed by atoms with Gasteiger partial charge < -0.3 is 5.32 Å². The number of halogens is 1. The topological polar surface area (TPSA) is 73.2 Å². The number of nitrogens with one attached hydrogen (secondary N) is 1. The van der Waals surface area contributed by atoms with Crippen molar-refractivity contribution in [3.63, 3.8) is 0 Å². The van der Waals surface area contributed by atoms with Crippen molar-refractivity contribution in [2.24, 2.45) is 0 Å². The third-order valence-corrected chi connectivity index (χ3v) is 5.79. The molecule has 1 aromatic rings. The predicted octanol–water partition coefficient (Wildman–Crippen LogP) is 1.58. The van der Waals surface area contributed by atoms with E-state index < -0.39 is 15.6 Å². The molecule has 1 fully saturated rings. The van der Waals surface area contributed by atoms with Gasteiger partial charge in [-0.2, -0.15) is 9.57 Å². The summed E-state index contributed by atoms with van der Waals surface area (Å²) in [6.45, 7) is 5.37. The average Bonchev–Trinajstić information content (AvgIpc) is 2.37. The van der Waals surface area contributed by atoms with Gasteiger partial charge in [0, 0.05) is 25.2 Å². The summed E-state index contributed by atoms with van der Waals surface area (Å²) in [4.78, 5) is 0.122. The molecule has 0 aromatic heterocycles. The first-order valence-corrected chi connectivity index (χ1v) is 8.04. The lowest BCUT2D eigenvalue weighted by molar-refractivity contribution is 0.186. The number of sulfonamides is 1. The Morgan fingerprint density at radius 1 is 1.45 bits per heavy atom. The van der Waals surface area contributed by atoms with Crippen LogP contribution < -0.4 is 5.32 Å². The highest BCUT2D eigenvalue weighted by Gasteiger charge is 2.39. The zero-order valence-corrected chi connectivity index (χ0v) is 12.9. The molecule has 1 heterocycles. The van der Waals surface area contributed by atoms with Gasteiger partial charge in [0.15, 0.2) is 0 Å². The molecule has 1 aliphatic heterocycles. The monoisotopic (exact) mass is 313 g/mol. The summed E-state index contributed by atoms with van der Waals surface area (Å²) in [6.07, 6.45) is 0. The zero-order chi connectivity index (χ0) is 15.0. The van der Waals surface area contributed by atoms with E-state index in [0.29, 0.717) is 19.6 Å². The van der Waals surface area contributed by atoms with E-state index in [-0.39, 0.29) is 15.5 Å². The Bertz CT molecular complexity index is 665. The zero-order valence-electron chi connectivity index (χ0n) is 11.4. The third kappa shape index (κ3) is 2.67. The molecule has 1 aromatic carbocycles. The fourth-order valence-electron chi connectivity index (χ4n) is 2.29. The summed E-state index contributed by atoms with van der Waals surface area (Å²) in [5.74, 6) is 0. The van der Waals surface area contributed by atoms with E-state index in [9.17, 15) is 8.42 Å². The van der Waals surface area contributed by atoms with E-state index >= 15 is 0 Å². The Morgan fingerprint density at radius 3 is 2.70 bits per heavy atom. The molecular weight excluding hydrogens is 298 g/mol. The Hall–Kier alpha value is -1.13. The lowest BCUT2D eigenvalue weighted by Gasteiger charge is -2.41. The molecular formula is C13H16ClN3O2S. The van der Waals surface area contributed by atoms with E-state index in [0.717, 1.165) is 0 Å². The van der Waals surface area contributed by atoms with Gasteiger partial charge in [-0.05, 0) is 32.0 Å². The van der Waals surface area contributed by atoms with Crippen molar-refractivity contribution in [3.8, 4) is 6.07 Å². The Labute approximate surface area is 124 Å². The van der Waals surface area contributed by atoms with E-state index in [4.69, 9.17) is 16.9 Å². The molecule has 7 heteroatoms. The fraction of sp³-hybridized carbons (Fsp3) is 0.462. The molecule has 5 nitrogen and oxygen atoms in total. The molecule has 0 amide bonds. The Morgan fingerprint density at radius 2 is 2.15 bits per heavy atom. The van der Waals surface area contributed by atoms with Crippen LogP contribution in [-0.2, 0) is 10.0 Å². The lowest BCUT2D eigenvalue weighted by atomic mass is 10.0. The number of benzene rings is 1. The SMILES string of the molecule is CC1(C)CNCCN1S(=O)(=O)c1ccc(C#N)c(Cl)c1. The summed E-state index contributed by atoms with van der Waals surface area (Å²) in [7, 11) is -3.62. The van der Waals surface area contributed by atoms with Gasteiger partial charge >= 0.3 is 0 Å². The van der Waals surface area contributed by atoms with Crippen LogP contribution in [0.5, 0.6) is 0 Å². The van der Waals surface area contributed by atoms with Gasteiger partial charge in [0.05, 0.1) is 15.5 Å². The second kappa shape index (κ2) is 5.34. The number of nitrogens with zero attached hydrogens (tertiary/aromatic N) is 2. The largest absolute Gasteiger partial charge is 0.314 e. The minimum atomic E-state index is -3.62. The van der Waals surface area contributed by atoms with Crippen LogP contribution in [0.25, 0.3) is 0 Å². The summed E-state index contributed by atoms with van der Waals surface area (Å²) < 4.78 is 26.9. The molecule has 1 saturated heterocycles. The Kier molecular flexibility index (Phi) is 4.07. The van der Waals surface area contributed by atoms with Crippen LogP contribution in [0.1, 0.15) is 19.4 Å². The van der Waals surface area contributed by atoms with Gasteiger partial charge in [-0.1, -0.05) is 11.6 Å². The number of piperazine rings is 1. The molecule has 0 spiro atoms. The van der Waals surface area contributed by atoms with Crippen LogP contribution in [0, 0.1) is 11.3 Å². The molecule has 0 aliphatic carbocycles. The molecule has 20 heavy (non-hydrogen) atoms. The number of hydrogen-bond acceptors (Lipinski definition) is 4. The van der Waals surface area contributed by atoms with E-state index in [1.165, 1.54) is 22.5 Å². The maximum absolute atomic E-state index is 12.7. The number of rotatable bonds is 2. The lowest BCUT2D eigenvalue weighted by Crippen LogP contribution is -2.59. The van der Waals surface area contributed by atoms with Crippen LogP contribution in [0.2, 0.25) is 5.02 Å². The van der Waals surface area contributed by atoms with Crippen molar-refractivity contribution < 1.29 is 8.42 Å². The second-order valence-electron chi connectivity index (χ2n) is 5.32. The quantitative estimate of drug-likeness (QED) is 0.899. The molecule has 0 radical (unpaired) electrons. The Balaban J connectivity index is 2.45. The fourth-order valence-corrected chi connectivity index (χ4v) is 4.38. The van der Waals surface area contributed by atoms with E-state index in [1.54, 1.807) is 0 Å². The minimum absolute atomic E-state index is 0.122. The second-order valence-corrected chi connectivity index (χ2v) is 7.59.